The molecule has 0 fully saturated rings. The molecule has 1 N–H and O–H groups in total. The summed E-state index contributed by atoms with van der Waals surface area (Å²) in [6.45, 7) is 0. The van der Waals surface area contributed by atoms with E-state index >= 15 is 0 Å². The molecule has 0 saturated heterocycles. The molecule has 12 heavy (non-hydrogen) atoms. The van der Waals surface area contributed by atoms with E-state index in [1.54, 1.807) is 5.38 Å². The molecule has 0 bridgehead atoms. The van der Waals surface area contributed by atoms with Gasteiger partial charge in [0.2, 0.25) is 0 Å². The Morgan fingerprint density at radius 2 is 2.67 bits per heavy atom. The lowest BCUT2D eigenvalue weighted by Crippen LogP contribution is -2.08. The van der Waals surface area contributed by atoms with Crippen LogP contribution in [0.5, 0.6) is 0 Å². The molecular formula is C6H8N2O3S. The van der Waals surface area contributed by atoms with Gasteiger partial charge in [-0.2, -0.15) is 0 Å². The highest BCUT2D eigenvalue weighted by atomic mass is 32.1. The number of carbonyl (C=O) groups is 1. The van der Waals surface area contributed by atoms with E-state index in [1.807, 2.05) is 0 Å². The van der Waals surface area contributed by atoms with Crippen LogP contribution in [0.1, 0.15) is 18.2 Å². The van der Waals surface area contributed by atoms with Crippen LogP contribution in [0, 0.1) is 0 Å². The first kappa shape index (κ1) is 9.08. The largest absolute Gasteiger partial charge is 0.469 e. The lowest BCUT2D eigenvalue weighted by Gasteiger charge is -2.03. The van der Waals surface area contributed by atoms with Crippen molar-refractivity contribution in [1.29, 1.82) is 0 Å². The molecule has 0 amide bonds. The Kier molecular flexibility index (Phi) is 3.12. The molecule has 5 nitrogen and oxygen atoms in total. The number of rotatable bonds is 3. The van der Waals surface area contributed by atoms with Crippen molar-refractivity contribution in [3.63, 3.8) is 0 Å². The third-order valence-corrected chi connectivity index (χ3v) is 1.83. The summed E-state index contributed by atoms with van der Waals surface area (Å²) >= 11 is 1.13. The van der Waals surface area contributed by atoms with Gasteiger partial charge >= 0.3 is 5.97 Å². The molecule has 1 aromatic rings. The number of aliphatic hydroxyl groups is 1. The quantitative estimate of drug-likeness (QED) is 0.683. The maximum Gasteiger partial charge on any atom is 0.308 e. The summed E-state index contributed by atoms with van der Waals surface area (Å²) in [6.07, 6.45) is -0.988. The number of carbonyl (C=O) groups excluding carboxylic acids is 1. The second kappa shape index (κ2) is 4.13. The van der Waals surface area contributed by atoms with Crippen molar-refractivity contribution < 1.29 is 14.6 Å². The van der Waals surface area contributed by atoms with Crippen molar-refractivity contribution in [3.05, 3.63) is 11.1 Å². The molecule has 0 aromatic carbocycles. The van der Waals surface area contributed by atoms with E-state index in [9.17, 15) is 9.90 Å². The Morgan fingerprint density at radius 3 is 3.17 bits per heavy atom. The minimum absolute atomic E-state index is 0.0814. The Bertz CT molecular complexity index is 249. The molecule has 0 aliphatic rings. The van der Waals surface area contributed by atoms with Crippen molar-refractivity contribution in [2.75, 3.05) is 7.11 Å². The van der Waals surface area contributed by atoms with Gasteiger partial charge in [0.25, 0.3) is 0 Å². The van der Waals surface area contributed by atoms with Crippen molar-refractivity contribution in [3.8, 4) is 0 Å². The molecule has 0 aliphatic heterocycles. The summed E-state index contributed by atoms with van der Waals surface area (Å²) in [6, 6.07) is 0. The molecule has 0 aliphatic carbocycles. The van der Waals surface area contributed by atoms with Gasteiger partial charge in [0.1, 0.15) is 11.8 Å². The SMILES string of the molecule is COC(=O)CC(O)c1csnn1. The first-order chi connectivity index (χ1) is 5.74. The fourth-order valence-electron chi connectivity index (χ4n) is 0.663. The predicted molar refractivity (Wildman–Crippen MR) is 41.5 cm³/mol. The number of ether oxygens (including phenoxy) is 1. The average molecular weight is 188 g/mol. The monoisotopic (exact) mass is 188 g/mol. The van der Waals surface area contributed by atoms with Gasteiger partial charge in [-0.1, -0.05) is 4.49 Å². The highest BCUT2D eigenvalue weighted by Crippen LogP contribution is 2.14. The Hall–Kier alpha value is -1.01. The van der Waals surface area contributed by atoms with Crippen molar-refractivity contribution in [2.24, 2.45) is 0 Å². The number of hydrogen-bond acceptors (Lipinski definition) is 6. The third-order valence-electron chi connectivity index (χ3n) is 1.31. The maximum absolute atomic E-state index is 10.7. The summed E-state index contributed by atoms with van der Waals surface area (Å²) in [7, 11) is 1.27. The van der Waals surface area contributed by atoms with Crippen LogP contribution in [0.2, 0.25) is 0 Å². The first-order valence-corrected chi connectivity index (χ1v) is 4.09. The minimum atomic E-state index is -0.906. The van der Waals surface area contributed by atoms with E-state index in [-0.39, 0.29) is 6.42 Å². The molecule has 1 heterocycles. The second-order valence-corrected chi connectivity index (χ2v) is 2.74. The van der Waals surface area contributed by atoms with E-state index in [2.05, 4.69) is 14.3 Å². The van der Waals surface area contributed by atoms with Gasteiger partial charge < -0.3 is 9.84 Å². The number of esters is 1. The number of aromatic nitrogens is 2. The summed E-state index contributed by atoms with van der Waals surface area (Å²) in [4.78, 5) is 10.7. The lowest BCUT2D eigenvalue weighted by molar-refractivity contribution is -0.142. The topological polar surface area (TPSA) is 72.3 Å². The van der Waals surface area contributed by atoms with Crippen LogP contribution in [-0.2, 0) is 9.53 Å². The Balaban J connectivity index is 2.49. The van der Waals surface area contributed by atoms with Crippen LogP contribution in [0.4, 0.5) is 0 Å². The molecule has 66 valence electrons. The standard InChI is InChI=1S/C6H8N2O3S/c1-11-6(10)2-5(9)4-3-12-8-7-4/h3,5,9H,2H2,1H3. The third kappa shape index (κ3) is 2.24. The van der Waals surface area contributed by atoms with Gasteiger partial charge in [-0.15, -0.1) is 5.10 Å². The zero-order valence-electron chi connectivity index (χ0n) is 6.43. The van der Waals surface area contributed by atoms with Crippen LogP contribution in [0.3, 0.4) is 0 Å². The molecule has 1 rings (SSSR count). The van der Waals surface area contributed by atoms with Gasteiger partial charge in [-0.25, -0.2) is 0 Å². The fraction of sp³-hybridized carbons (Fsp3) is 0.500. The average Bonchev–Trinajstić information content (AvgIpc) is 2.56. The van der Waals surface area contributed by atoms with E-state index in [4.69, 9.17) is 0 Å². The number of nitrogens with zero attached hydrogens (tertiary/aromatic N) is 2. The zero-order valence-corrected chi connectivity index (χ0v) is 7.24. The van der Waals surface area contributed by atoms with Crippen molar-refractivity contribution in [2.45, 2.75) is 12.5 Å². The first-order valence-electron chi connectivity index (χ1n) is 3.26. The highest BCUT2D eigenvalue weighted by Gasteiger charge is 2.15. The molecule has 0 saturated carbocycles. The molecule has 0 spiro atoms. The van der Waals surface area contributed by atoms with Crippen LogP contribution >= 0.6 is 11.5 Å². The van der Waals surface area contributed by atoms with Crippen molar-refractivity contribution in [1.82, 2.24) is 9.59 Å². The zero-order chi connectivity index (χ0) is 8.97. The van der Waals surface area contributed by atoms with Crippen LogP contribution in [-0.4, -0.2) is 27.8 Å². The predicted octanol–water partition coefficient (Wildman–Crippen LogP) is 0.135. The Labute approximate surface area is 73.1 Å². The van der Waals surface area contributed by atoms with Gasteiger partial charge in [-0.05, 0) is 11.5 Å². The van der Waals surface area contributed by atoms with Gasteiger partial charge in [0, 0.05) is 5.38 Å². The van der Waals surface area contributed by atoms with E-state index in [1.165, 1.54) is 7.11 Å². The van der Waals surface area contributed by atoms with Gasteiger partial charge in [-0.3, -0.25) is 4.79 Å². The smallest absolute Gasteiger partial charge is 0.308 e. The molecular weight excluding hydrogens is 180 g/mol. The number of methoxy groups -OCH3 is 1. The summed E-state index contributed by atoms with van der Waals surface area (Å²) in [5, 5.41) is 14.5. The van der Waals surface area contributed by atoms with Crippen molar-refractivity contribution >= 4 is 17.5 Å². The highest BCUT2D eigenvalue weighted by molar-refractivity contribution is 7.03. The van der Waals surface area contributed by atoms with E-state index in [0.29, 0.717) is 5.69 Å². The summed E-state index contributed by atoms with van der Waals surface area (Å²) in [5.74, 6) is -0.463. The fourth-order valence-corrected chi connectivity index (χ4v) is 1.16. The van der Waals surface area contributed by atoms with Crippen LogP contribution in [0.25, 0.3) is 0 Å². The normalized spacial score (nSPS) is 12.5. The Morgan fingerprint density at radius 1 is 1.92 bits per heavy atom. The number of hydrogen-bond donors (Lipinski definition) is 1. The molecule has 6 heteroatoms. The minimum Gasteiger partial charge on any atom is -0.469 e. The number of aliphatic hydroxyl groups excluding tert-OH is 1. The molecule has 0 radical (unpaired) electrons. The van der Waals surface area contributed by atoms with E-state index in [0.717, 1.165) is 11.5 Å². The van der Waals surface area contributed by atoms with Crippen LogP contribution in [0.15, 0.2) is 5.38 Å². The second-order valence-electron chi connectivity index (χ2n) is 2.13. The lowest BCUT2D eigenvalue weighted by atomic mass is 10.2. The summed E-state index contributed by atoms with van der Waals surface area (Å²) < 4.78 is 7.93. The van der Waals surface area contributed by atoms with Crippen LogP contribution < -0.4 is 0 Å². The van der Waals surface area contributed by atoms with Gasteiger partial charge in [0.05, 0.1) is 13.5 Å². The molecule has 1 unspecified atom stereocenters. The summed E-state index contributed by atoms with van der Waals surface area (Å²) in [5.41, 5.74) is 0.408. The maximum atomic E-state index is 10.7. The molecule has 1 aromatic heterocycles. The molecule has 1 atom stereocenters. The van der Waals surface area contributed by atoms with Gasteiger partial charge in [0.15, 0.2) is 0 Å². The van der Waals surface area contributed by atoms with E-state index < -0.39 is 12.1 Å².